The zero-order valence-electron chi connectivity index (χ0n) is 13.0. The molecule has 1 saturated carbocycles. The molecule has 1 fully saturated rings. The van der Waals surface area contributed by atoms with Crippen LogP contribution in [0.15, 0.2) is 24.3 Å². The average Bonchev–Trinajstić information content (AvgIpc) is 2.48. The minimum absolute atomic E-state index is 0.110. The fourth-order valence-electron chi connectivity index (χ4n) is 3.47. The maximum Gasteiger partial charge on any atom is 0.0757 e. The second-order valence-corrected chi connectivity index (χ2v) is 6.11. The Kier molecular flexibility index (Phi) is 6.06. The Morgan fingerprint density at radius 1 is 1.20 bits per heavy atom. The van der Waals surface area contributed by atoms with Crippen LogP contribution < -0.4 is 5.73 Å². The van der Waals surface area contributed by atoms with Crippen LogP contribution in [0.1, 0.15) is 50.2 Å². The molecular weight excluding hydrogens is 246 g/mol. The molecule has 1 aliphatic carbocycles. The molecule has 0 saturated heterocycles. The molecule has 0 aromatic heterocycles. The van der Waals surface area contributed by atoms with Gasteiger partial charge in [-0.3, -0.25) is 0 Å². The van der Waals surface area contributed by atoms with E-state index >= 15 is 0 Å². The summed E-state index contributed by atoms with van der Waals surface area (Å²) in [5, 5.41) is 0. The van der Waals surface area contributed by atoms with Crippen LogP contribution in [-0.4, -0.2) is 18.8 Å². The van der Waals surface area contributed by atoms with Gasteiger partial charge in [0.2, 0.25) is 0 Å². The van der Waals surface area contributed by atoms with E-state index in [1.807, 2.05) is 0 Å². The first-order valence-corrected chi connectivity index (χ1v) is 8.14. The fraction of sp³-hybridized carbons (Fsp3) is 0.667. The highest BCUT2D eigenvalue weighted by Gasteiger charge is 2.29. The molecule has 20 heavy (non-hydrogen) atoms. The summed E-state index contributed by atoms with van der Waals surface area (Å²) in [6, 6.07) is 8.66. The Hall–Kier alpha value is -0.860. The molecule has 0 aliphatic heterocycles. The summed E-state index contributed by atoms with van der Waals surface area (Å²) in [5.74, 6) is 0.655. The van der Waals surface area contributed by atoms with Gasteiger partial charge in [-0.25, -0.2) is 0 Å². The lowest BCUT2D eigenvalue weighted by molar-refractivity contribution is -0.00914. The molecule has 1 aromatic carbocycles. The lowest BCUT2D eigenvalue weighted by Crippen LogP contribution is -2.44. The van der Waals surface area contributed by atoms with E-state index in [2.05, 4.69) is 38.1 Å². The number of benzene rings is 1. The molecular formula is C18H29NO. The maximum atomic E-state index is 6.51. The minimum atomic E-state index is 0.110. The third kappa shape index (κ3) is 4.07. The van der Waals surface area contributed by atoms with E-state index in [1.165, 1.54) is 43.2 Å². The number of ether oxygens (including phenoxy) is 1. The molecule has 2 atom stereocenters. The smallest absolute Gasteiger partial charge is 0.0757 e. The van der Waals surface area contributed by atoms with Crippen LogP contribution in [0.2, 0.25) is 0 Å². The molecule has 0 bridgehead atoms. The van der Waals surface area contributed by atoms with Gasteiger partial charge in [-0.1, -0.05) is 43.5 Å². The standard InChI is InChI=1S/C18H29NO/c1-3-20-18(15-10-5-4-6-11-15)17(19)13-16-12-8-7-9-14(16)2/h7-9,12,15,17-18H,3-6,10-11,13,19H2,1-2H3. The molecule has 0 heterocycles. The van der Waals surface area contributed by atoms with Gasteiger partial charge in [-0.05, 0) is 50.2 Å². The number of aryl methyl sites for hydroxylation is 1. The Morgan fingerprint density at radius 3 is 2.55 bits per heavy atom. The summed E-state index contributed by atoms with van der Waals surface area (Å²) in [6.45, 7) is 5.01. The zero-order chi connectivity index (χ0) is 14.4. The topological polar surface area (TPSA) is 35.2 Å². The fourth-order valence-corrected chi connectivity index (χ4v) is 3.47. The van der Waals surface area contributed by atoms with Crippen molar-refractivity contribution in [1.82, 2.24) is 0 Å². The molecule has 2 heteroatoms. The van der Waals surface area contributed by atoms with Crippen LogP contribution in [0.3, 0.4) is 0 Å². The number of hydrogen-bond donors (Lipinski definition) is 1. The summed E-state index contributed by atoms with van der Waals surface area (Å²) in [5.41, 5.74) is 9.21. The second kappa shape index (κ2) is 7.80. The van der Waals surface area contributed by atoms with E-state index in [-0.39, 0.29) is 12.1 Å². The molecule has 2 rings (SSSR count). The first-order chi connectivity index (χ1) is 9.72. The molecule has 2 nitrogen and oxygen atoms in total. The summed E-state index contributed by atoms with van der Waals surface area (Å²) in [4.78, 5) is 0. The van der Waals surface area contributed by atoms with Gasteiger partial charge in [0.15, 0.2) is 0 Å². The van der Waals surface area contributed by atoms with Gasteiger partial charge in [-0.2, -0.15) is 0 Å². The van der Waals surface area contributed by atoms with Crippen molar-refractivity contribution in [3.05, 3.63) is 35.4 Å². The summed E-state index contributed by atoms with van der Waals surface area (Å²) < 4.78 is 6.03. The normalized spacial score (nSPS) is 19.8. The zero-order valence-corrected chi connectivity index (χ0v) is 13.0. The van der Waals surface area contributed by atoms with Gasteiger partial charge in [0, 0.05) is 12.6 Å². The van der Waals surface area contributed by atoms with Gasteiger partial charge < -0.3 is 10.5 Å². The van der Waals surface area contributed by atoms with E-state index in [9.17, 15) is 0 Å². The first-order valence-electron chi connectivity index (χ1n) is 8.14. The summed E-state index contributed by atoms with van der Waals surface area (Å²) in [7, 11) is 0. The number of hydrogen-bond acceptors (Lipinski definition) is 2. The minimum Gasteiger partial charge on any atom is -0.377 e. The van der Waals surface area contributed by atoms with E-state index in [0.29, 0.717) is 5.92 Å². The lowest BCUT2D eigenvalue weighted by atomic mass is 9.81. The molecule has 1 aromatic rings. The van der Waals surface area contributed by atoms with Crippen molar-refractivity contribution < 1.29 is 4.74 Å². The lowest BCUT2D eigenvalue weighted by Gasteiger charge is -2.34. The Morgan fingerprint density at radius 2 is 1.90 bits per heavy atom. The molecule has 112 valence electrons. The van der Waals surface area contributed by atoms with Gasteiger partial charge in [-0.15, -0.1) is 0 Å². The Bertz CT molecular complexity index is 398. The van der Waals surface area contributed by atoms with Crippen molar-refractivity contribution in [2.45, 2.75) is 64.5 Å². The molecule has 2 unspecified atom stereocenters. The van der Waals surface area contributed by atoms with E-state index in [1.54, 1.807) is 0 Å². The predicted molar refractivity (Wildman–Crippen MR) is 84.8 cm³/mol. The van der Waals surface area contributed by atoms with Crippen molar-refractivity contribution in [3.8, 4) is 0 Å². The quantitative estimate of drug-likeness (QED) is 0.856. The van der Waals surface area contributed by atoms with E-state index in [0.717, 1.165) is 13.0 Å². The van der Waals surface area contributed by atoms with Crippen LogP contribution in [0.4, 0.5) is 0 Å². The highest BCUT2D eigenvalue weighted by Crippen LogP contribution is 2.30. The van der Waals surface area contributed by atoms with Gasteiger partial charge in [0.05, 0.1) is 6.10 Å². The van der Waals surface area contributed by atoms with E-state index < -0.39 is 0 Å². The molecule has 1 aliphatic rings. The molecule has 0 radical (unpaired) electrons. The SMILES string of the molecule is CCOC(C(N)Cc1ccccc1C)C1CCCCC1. The molecule has 2 N–H and O–H groups in total. The Balaban J connectivity index is 2.02. The molecule has 0 spiro atoms. The van der Waals surface area contributed by atoms with Crippen molar-refractivity contribution >= 4 is 0 Å². The third-order valence-corrected chi connectivity index (χ3v) is 4.61. The monoisotopic (exact) mass is 275 g/mol. The van der Waals surface area contributed by atoms with Crippen molar-refractivity contribution in [2.75, 3.05) is 6.61 Å². The average molecular weight is 275 g/mol. The van der Waals surface area contributed by atoms with Crippen molar-refractivity contribution in [1.29, 1.82) is 0 Å². The summed E-state index contributed by atoms with van der Waals surface area (Å²) in [6.07, 6.45) is 7.77. The maximum absolute atomic E-state index is 6.51. The van der Waals surface area contributed by atoms with Gasteiger partial charge in [0.1, 0.15) is 0 Å². The van der Waals surface area contributed by atoms with Crippen LogP contribution >= 0.6 is 0 Å². The third-order valence-electron chi connectivity index (χ3n) is 4.61. The van der Waals surface area contributed by atoms with Crippen LogP contribution in [0, 0.1) is 12.8 Å². The predicted octanol–water partition coefficient (Wildman–Crippen LogP) is 3.85. The highest BCUT2D eigenvalue weighted by molar-refractivity contribution is 5.26. The Labute approximate surface area is 123 Å². The highest BCUT2D eigenvalue weighted by atomic mass is 16.5. The van der Waals surface area contributed by atoms with Crippen LogP contribution in [-0.2, 0) is 11.2 Å². The van der Waals surface area contributed by atoms with Crippen LogP contribution in [0.5, 0.6) is 0 Å². The van der Waals surface area contributed by atoms with Crippen LogP contribution in [0.25, 0.3) is 0 Å². The first kappa shape index (κ1) is 15.5. The number of nitrogens with two attached hydrogens (primary N) is 1. The van der Waals surface area contributed by atoms with Crippen molar-refractivity contribution in [2.24, 2.45) is 11.7 Å². The number of rotatable bonds is 6. The largest absolute Gasteiger partial charge is 0.377 e. The summed E-state index contributed by atoms with van der Waals surface area (Å²) >= 11 is 0. The molecule has 0 amide bonds. The van der Waals surface area contributed by atoms with Gasteiger partial charge >= 0.3 is 0 Å². The van der Waals surface area contributed by atoms with E-state index in [4.69, 9.17) is 10.5 Å². The van der Waals surface area contributed by atoms with Gasteiger partial charge in [0.25, 0.3) is 0 Å². The van der Waals surface area contributed by atoms with Crippen molar-refractivity contribution in [3.63, 3.8) is 0 Å². The second-order valence-electron chi connectivity index (χ2n) is 6.11.